The van der Waals surface area contributed by atoms with Gasteiger partial charge in [-0.3, -0.25) is 15.5 Å². The number of unbranched alkanes of at least 4 members (excludes halogenated alkanes) is 1. The van der Waals surface area contributed by atoms with Crippen molar-refractivity contribution in [3.8, 4) is 0 Å². The zero-order chi connectivity index (χ0) is 24.4. The highest BCUT2D eigenvalue weighted by molar-refractivity contribution is 7.89. The van der Waals surface area contributed by atoms with E-state index in [1.165, 1.54) is 0 Å². The summed E-state index contributed by atoms with van der Waals surface area (Å²) in [5, 5.41) is 17.9. The molecule has 0 spiro atoms. The minimum absolute atomic E-state index is 0.0462. The molecule has 0 saturated heterocycles. The maximum absolute atomic E-state index is 12.2. The highest BCUT2D eigenvalue weighted by atomic mass is 35.5. The predicted molar refractivity (Wildman–Crippen MR) is 127 cm³/mol. The zero-order valence-corrected chi connectivity index (χ0v) is 20.1. The number of guanidine groups is 1. The molecule has 1 saturated carbocycles. The van der Waals surface area contributed by atoms with Crippen LogP contribution in [-0.2, 0) is 14.8 Å². The van der Waals surface area contributed by atoms with Crippen LogP contribution in [0, 0.1) is 11.3 Å². The predicted octanol–water partition coefficient (Wildman–Crippen LogP) is 0.973. The van der Waals surface area contributed by atoms with Gasteiger partial charge in [0, 0.05) is 13.2 Å². The van der Waals surface area contributed by atoms with Crippen molar-refractivity contribution < 1.29 is 17.9 Å². The van der Waals surface area contributed by atoms with Crippen LogP contribution in [0.15, 0.2) is 0 Å². The third kappa shape index (κ3) is 10.1. The first-order chi connectivity index (χ1) is 15.5. The molecule has 1 aliphatic carbocycles. The fourth-order valence-electron chi connectivity index (χ4n) is 3.69. The third-order valence-corrected chi connectivity index (χ3v) is 6.56. The van der Waals surface area contributed by atoms with Crippen molar-refractivity contribution in [1.29, 1.82) is 5.41 Å². The number of nitrogen functional groups attached to an aromatic ring is 2. The summed E-state index contributed by atoms with van der Waals surface area (Å²) in [6, 6.07) is 0. The lowest BCUT2D eigenvalue weighted by Crippen LogP contribution is -2.41. The maximum Gasteiger partial charge on any atom is 0.280 e. The summed E-state index contributed by atoms with van der Waals surface area (Å²) in [6.07, 6.45) is 7.72. The van der Waals surface area contributed by atoms with E-state index in [1.54, 1.807) is 0 Å². The van der Waals surface area contributed by atoms with Crippen molar-refractivity contribution in [2.24, 2.45) is 11.1 Å². The molecule has 12 nitrogen and oxygen atoms in total. The third-order valence-electron chi connectivity index (χ3n) is 5.42. The van der Waals surface area contributed by atoms with Crippen molar-refractivity contribution >= 4 is 45.1 Å². The average molecular weight is 505 g/mol. The Morgan fingerprint density at radius 1 is 1.12 bits per heavy atom. The lowest BCUT2D eigenvalue weighted by atomic mass is 9.84. The highest BCUT2D eigenvalue weighted by Gasteiger charge is 2.21. The van der Waals surface area contributed by atoms with Gasteiger partial charge >= 0.3 is 0 Å². The van der Waals surface area contributed by atoms with Gasteiger partial charge in [0.25, 0.3) is 5.91 Å². The Kier molecular flexibility index (Phi) is 10.5. The second-order valence-corrected chi connectivity index (χ2v) is 10.2. The quantitative estimate of drug-likeness (QED) is 0.143. The molecule has 0 aliphatic heterocycles. The highest BCUT2D eigenvalue weighted by Crippen LogP contribution is 2.29. The molecular formula is C19H33ClN8O4S. The fourth-order valence-corrected chi connectivity index (χ4v) is 4.34. The summed E-state index contributed by atoms with van der Waals surface area (Å²) < 4.78 is 27.6. The van der Waals surface area contributed by atoms with Gasteiger partial charge in [0.1, 0.15) is 0 Å². The van der Waals surface area contributed by atoms with E-state index in [0.29, 0.717) is 25.5 Å². The van der Waals surface area contributed by atoms with Crippen LogP contribution >= 0.6 is 11.6 Å². The average Bonchev–Trinajstić information content (AvgIpc) is 2.73. The van der Waals surface area contributed by atoms with Crippen molar-refractivity contribution in [3.05, 3.63) is 10.8 Å². The monoisotopic (exact) mass is 504 g/mol. The van der Waals surface area contributed by atoms with Crippen LogP contribution in [0.3, 0.4) is 0 Å². The standard InChI is InChI=1S/C19H33ClN8O4S/c20-15-17(22)27-16(21)14(26-15)18(29)28-19(23)25-9-2-1-4-12-5-7-13(8-6-12)32-10-3-11-33(24,30)31/h12-13H,1-11H2,(H4,21,22,27)(H2,24,30,31)(H3,23,25,28,29). The van der Waals surface area contributed by atoms with E-state index in [4.69, 9.17) is 38.4 Å². The van der Waals surface area contributed by atoms with Gasteiger partial charge in [0.15, 0.2) is 28.4 Å². The minimum Gasteiger partial charge on any atom is -0.382 e. The zero-order valence-electron chi connectivity index (χ0n) is 18.5. The Labute approximate surface area is 198 Å². The molecule has 1 aromatic heterocycles. The SMILES string of the molecule is N=C(NCCCCC1CCC(OCCCS(N)(=O)=O)CC1)NC(=O)c1nc(Cl)c(N)nc1N. The van der Waals surface area contributed by atoms with Crippen LogP contribution in [0.4, 0.5) is 11.6 Å². The summed E-state index contributed by atoms with van der Waals surface area (Å²) in [5.74, 6) is -0.483. The lowest BCUT2D eigenvalue weighted by molar-refractivity contribution is 0.0176. The molecule has 14 heteroatoms. The molecule has 1 fully saturated rings. The van der Waals surface area contributed by atoms with Crippen LogP contribution in [0.5, 0.6) is 0 Å². The number of anilines is 2. The first-order valence-corrected chi connectivity index (χ1v) is 13.0. The maximum atomic E-state index is 12.2. The Hall–Kier alpha value is -2.22. The molecule has 2 rings (SSSR count). The number of hydrogen-bond donors (Lipinski definition) is 6. The van der Waals surface area contributed by atoms with Crippen molar-refractivity contribution in [2.45, 2.75) is 57.5 Å². The molecule has 0 unspecified atom stereocenters. The Balaban J connectivity index is 1.55. The Bertz CT molecular complexity index is 923. The van der Waals surface area contributed by atoms with E-state index in [0.717, 1.165) is 44.9 Å². The number of sulfonamides is 1. The number of halogens is 1. The number of hydrogen-bond acceptors (Lipinski definition) is 9. The molecule has 0 radical (unpaired) electrons. The van der Waals surface area contributed by atoms with Gasteiger partial charge in [0.05, 0.1) is 11.9 Å². The minimum atomic E-state index is -3.42. The van der Waals surface area contributed by atoms with Gasteiger partial charge in [0.2, 0.25) is 10.0 Å². The van der Waals surface area contributed by atoms with E-state index >= 15 is 0 Å². The number of nitrogens with two attached hydrogens (primary N) is 3. The van der Waals surface area contributed by atoms with Gasteiger partial charge < -0.3 is 21.5 Å². The summed E-state index contributed by atoms with van der Waals surface area (Å²) >= 11 is 5.77. The molecule has 33 heavy (non-hydrogen) atoms. The van der Waals surface area contributed by atoms with E-state index < -0.39 is 15.9 Å². The number of carbonyl (C=O) groups excluding carboxylic acids is 1. The second kappa shape index (κ2) is 12.9. The number of amides is 1. The first kappa shape index (κ1) is 27.0. The van der Waals surface area contributed by atoms with E-state index in [9.17, 15) is 13.2 Å². The first-order valence-electron chi connectivity index (χ1n) is 10.9. The number of aromatic nitrogens is 2. The molecule has 0 aromatic carbocycles. The van der Waals surface area contributed by atoms with Crippen LogP contribution in [-0.4, -0.2) is 55.3 Å². The topological polar surface area (TPSA) is 212 Å². The molecule has 0 bridgehead atoms. The second-order valence-electron chi connectivity index (χ2n) is 8.12. The lowest BCUT2D eigenvalue weighted by Gasteiger charge is -2.28. The van der Waals surface area contributed by atoms with E-state index in [2.05, 4.69) is 20.6 Å². The molecule has 1 heterocycles. The Morgan fingerprint density at radius 3 is 2.48 bits per heavy atom. The molecule has 0 atom stereocenters. The molecule has 1 amide bonds. The number of nitrogens with zero attached hydrogens (tertiary/aromatic N) is 2. The number of carbonyl (C=O) groups is 1. The van der Waals surface area contributed by atoms with E-state index in [-0.39, 0.29) is 40.3 Å². The Morgan fingerprint density at radius 2 is 1.82 bits per heavy atom. The van der Waals surface area contributed by atoms with Crippen LogP contribution < -0.4 is 27.2 Å². The van der Waals surface area contributed by atoms with Gasteiger partial charge in [-0.1, -0.05) is 24.4 Å². The number of ether oxygens (including phenoxy) is 1. The van der Waals surface area contributed by atoms with Gasteiger partial charge in [-0.25, -0.2) is 23.5 Å². The summed E-state index contributed by atoms with van der Waals surface area (Å²) in [6.45, 7) is 0.968. The summed E-state index contributed by atoms with van der Waals surface area (Å²) in [7, 11) is -3.42. The number of primary sulfonamides is 1. The smallest absolute Gasteiger partial charge is 0.280 e. The van der Waals surface area contributed by atoms with Crippen LogP contribution in [0.2, 0.25) is 5.15 Å². The van der Waals surface area contributed by atoms with Crippen LogP contribution in [0.25, 0.3) is 0 Å². The summed E-state index contributed by atoms with van der Waals surface area (Å²) in [5.41, 5.74) is 10.9. The fraction of sp³-hybridized carbons (Fsp3) is 0.684. The van der Waals surface area contributed by atoms with Crippen molar-refractivity contribution in [2.75, 3.05) is 30.4 Å². The van der Waals surface area contributed by atoms with Crippen LogP contribution in [0.1, 0.15) is 61.9 Å². The van der Waals surface area contributed by atoms with Gasteiger partial charge in [-0.15, -0.1) is 0 Å². The molecule has 1 aliphatic rings. The van der Waals surface area contributed by atoms with Gasteiger partial charge in [-0.05, 0) is 44.4 Å². The van der Waals surface area contributed by atoms with Crippen molar-refractivity contribution in [1.82, 2.24) is 20.6 Å². The normalized spacial score (nSPS) is 18.6. The van der Waals surface area contributed by atoms with E-state index in [1.807, 2.05) is 0 Å². The molecule has 186 valence electrons. The molecule has 9 N–H and O–H groups in total. The number of rotatable bonds is 11. The number of nitrogens with one attached hydrogen (secondary N) is 3. The van der Waals surface area contributed by atoms with Gasteiger partial charge in [-0.2, -0.15) is 0 Å². The largest absolute Gasteiger partial charge is 0.382 e. The molecular weight excluding hydrogens is 472 g/mol. The summed E-state index contributed by atoms with van der Waals surface area (Å²) in [4.78, 5) is 19.7. The molecule has 1 aromatic rings. The van der Waals surface area contributed by atoms with Crippen molar-refractivity contribution in [3.63, 3.8) is 0 Å².